The predicted octanol–water partition coefficient (Wildman–Crippen LogP) is 12.9. The minimum atomic E-state index is -2.97. The molecule has 68 heavy (non-hydrogen) atoms. The van der Waals surface area contributed by atoms with Crippen LogP contribution in [0, 0.1) is 0 Å². The number of imidazole rings is 1. The first-order chi connectivity index (χ1) is 33.7. The Bertz CT molecular complexity index is 4020. The van der Waals surface area contributed by atoms with E-state index in [1.165, 1.54) is 86.1 Å². The second kappa shape index (κ2) is 15.5. The highest BCUT2D eigenvalue weighted by molar-refractivity contribution is 7.98. The molecule has 0 aliphatic carbocycles. The zero-order chi connectivity index (χ0) is 44.8. The minimum absolute atomic E-state index is 0.841. The molecule has 4 heterocycles. The fourth-order valence-electron chi connectivity index (χ4n) is 11.3. The molecule has 14 rings (SSSR count). The number of nitrogens with zero attached hydrogens (tertiary/aromatic N) is 4. The molecule has 320 valence electrons. The average Bonchev–Trinajstić information content (AvgIpc) is 4.07. The monoisotopic (exact) mass is 902 g/mol. The Morgan fingerprint density at radius 1 is 0.353 bits per heavy atom. The summed E-state index contributed by atoms with van der Waals surface area (Å²) >= 11 is 1.88. The van der Waals surface area contributed by atoms with E-state index in [4.69, 9.17) is 4.98 Å². The summed E-state index contributed by atoms with van der Waals surface area (Å²) in [5.74, 6) is 1.95. The van der Waals surface area contributed by atoms with Gasteiger partial charge in [-0.3, -0.25) is 4.57 Å². The van der Waals surface area contributed by atoms with Gasteiger partial charge in [0.25, 0.3) is 0 Å². The van der Waals surface area contributed by atoms with E-state index in [0.29, 0.717) is 0 Å². The second-order valence-electron chi connectivity index (χ2n) is 17.9. The van der Waals surface area contributed by atoms with Gasteiger partial charge in [0.1, 0.15) is 5.82 Å². The first-order valence-electron chi connectivity index (χ1n) is 23.3. The van der Waals surface area contributed by atoms with Gasteiger partial charge in [0.05, 0.1) is 44.5 Å². The molecule has 0 unspecified atom stereocenters. The lowest BCUT2D eigenvalue weighted by Crippen LogP contribution is -2.74. The van der Waals surface area contributed by atoms with Crippen LogP contribution in [0.3, 0.4) is 0 Å². The van der Waals surface area contributed by atoms with Gasteiger partial charge in [0, 0.05) is 37.8 Å². The first-order valence-corrected chi connectivity index (χ1v) is 26.3. The van der Waals surface area contributed by atoms with E-state index in [2.05, 4.69) is 256 Å². The van der Waals surface area contributed by atoms with Gasteiger partial charge >= 0.3 is 0 Å². The van der Waals surface area contributed by atoms with Crippen molar-refractivity contribution in [2.45, 2.75) is 10.6 Å². The van der Waals surface area contributed by atoms with Crippen LogP contribution >= 0.6 is 11.8 Å². The zero-order valence-electron chi connectivity index (χ0n) is 37.0. The molecule has 1 aliphatic rings. The van der Waals surface area contributed by atoms with Gasteiger partial charge in [-0.15, -0.1) is 11.8 Å². The van der Waals surface area contributed by atoms with Gasteiger partial charge in [-0.1, -0.05) is 170 Å². The van der Waals surface area contributed by atoms with E-state index in [0.717, 1.165) is 34.0 Å². The molecule has 0 spiro atoms. The molecular formula is C62H42N4SSi. The highest BCUT2D eigenvalue weighted by Gasteiger charge is 2.42. The number of rotatable bonds is 7. The van der Waals surface area contributed by atoms with Gasteiger partial charge in [-0.05, 0) is 105 Å². The van der Waals surface area contributed by atoms with E-state index < -0.39 is 8.07 Å². The van der Waals surface area contributed by atoms with Crippen LogP contribution in [-0.4, -0.2) is 26.8 Å². The third kappa shape index (κ3) is 5.84. The maximum atomic E-state index is 4.99. The van der Waals surface area contributed by atoms with Crippen LogP contribution in [0.4, 0.5) is 0 Å². The fourth-order valence-corrected chi connectivity index (χ4v) is 17.2. The lowest BCUT2D eigenvalue weighted by Gasteiger charge is -2.35. The Morgan fingerprint density at radius 2 is 0.868 bits per heavy atom. The zero-order valence-corrected chi connectivity index (χ0v) is 38.8. The van der Waals surface area contributed by atoms with Crippen molar-refractivity contribution >= 4 is 95.2 Å². The summed E-state index contributed by atoms with van der Waals surface area (Å²) in [4.78, 5) is 6.26. The Labute approximate surface area is 399 Å². The van der Waals surface area contributed by atoms with E-state index in [-0.39, 0.29) is 0 Å². The molecule has 0 amide bonds. The van der Waals surface area contributed by atoms with E-state index in [1.54, 1.807) is 0 Å². The van der Waals surface area contributed by atoms with Crippen molar-refractivity contribution in [3.8, 4) is 28.2 Å². The molecule has 4 nitrogen and oxygen atoms in total. The molecule has 10 aromatic carbocycles. The predicted molar refractivity (Wildman–Crippen MR) is 288 cm³/mol. The van der Waals surface area contributed by atoms with Crippen LogP contribution in [0.25, 0.3) is 82.8 Å². The third-order valence-electron chi connectivity index (χ3n) is 14.3. The van der Waals surface area contributed by atoms with Gasteiger partial charge in [0.15, 0.2) is 8.07 Å². The van der Waals surface area contributed by atoms with Crippen molar-refractivity contribution < 1.29 is 0 Å². The molecule has 0 atom stereocenters. The Kier molecular flexibility index (Phi) is 8.88. The summed E-state index contributed by atoms with van der Waals surface area (Å²) < 4.78 is 7.25. The lowest BCUT2D eigenvalue weighted by atomic mass is 10.1. The van der Waals surface area contributed by atoms with Crippen molar-refractivity contribution in [3.63, 3.8) is 0 Å². The topological polar surface area (TPSA) is 27.7 Å². The van der Waals surface area contributed by atoms with Gasteiger partial charge in [-0.25, -0.2) is 4.98 Å². The summed E-state index contributed by atoms with van der Waals surface area (Å²) in [5, 5.41) is 10.4. The summed E-state index contributed by atoms with van der Waals surface area (Å²) in [7, 11) is -2.97. The molecule has 6 heteroatoms. The number of thioether (sulfide) groups is 1. The highest BCUT2D eigenvalue weighted by Crippen LogP contribution is 2.40. The SMILES string of the molecule is c1ccc([Si](c2ccccc2)(c2cccc(-c3ccc4c(c3)SCc3nc5ccccc5n3-4)c2)c2cccc(-n3c4ccccc4c4cc(-n5c6ccccc6c6ccccc65)ccc43)c2)cc1. The van der Waals surface area contributed by atoms with Crippen LogP contribution < -0.4 is 20.7 Å². The Morgan fingerprint density at radius 3 is 1.54 bits per heavy atom. The van der Waals surface area contributed by atoms with Crippen LogP contribution in [0.2, 0.25) is 0 Å². The molecule has 0 fully saturated rings. The summed E-state index contributed by atoms with van der Waals surface area (Å²) in [6, 6.07) is 90.4. The van der Waals surface area contributed by atoms with Crippen molar-refractivity contribution in [1.82, 2.24) is 18.7 Å². The van der Waals surface area contributed by atoms with Gasteiger partial charge in [0.2, 0.25) is 0 Å². The van der Waals surface area contributed by atoms with Gasteiger partial charge < -0.3 is 9.13 Å². The van der Waals surface area contributed by atoms with Crippen molar-refractivity contribution in [1.29, 1.82) is 0 Å². The largest absolute Gasteiger partial charge is 0.309 e. The highest BCUT2D eigenvalue weighted by atomic mass is 32.2. The molecule has 13 aromatic rings. The standard InChI is InChI=1S/C62H42N4SSi/c1-3-19-46(20-4-1)68(47-21-5-2-6-22-47,48-23-15-17-42(37-48)43-33-35-60-61(38-43)67-41-62-63-54-28-10-14-32-59(54)66(60)62)49-24-16-18-44(39-49)64-57-31-13-9-27-52(57)53-40-45(34-36-58(53)64)65-55-29-11-7-25-50(55)51-26-8-12-30-56(51)65/h1-40H,41H2. The Balaban J connectivity index is 0.955. The number of fused-ring (bicyclic) bond motifs is 11. The maximum Gasteiger partial charge on any atom is 0.179 e. The molecule has 3 aromatic heterocycles. The lowest BCUT2D eigenvalue weighted by molar-refractivity contribution is 0.945. The third-order valence-corrected chi connectivity index (χ3v) is 20.1. The first kappa shape index (κ1) is 39.0. The average molecular weight is 903 g/mol. The second-order valence-corrected chi connectivity index (χ2v) is 22.7. The molecule has 0 N–H and O–H groups in total. The van der Waals surface area contributed by atoms with Crippen LogP contribution in [0.1, 0.15) is 5.82 Å². The number of aromatic nitrogens is 4. The smallest absolute Gasteiger partial charge is 0.179 e. The van der Waals surface area contributed by atoms with Crippen molar-refractivity contribution in [2.24, 2.45) is 0 Å². The molecule has 1 aliphatic heterocycles. The number of para-hydroxylation sites is 5. The van der Waals surface area contributed by atoms with Crippen molar-refractivity contribution in [2.75, 3.05) is 0 Å². The van der Waals surface area contributed by atoms with Gasteiger partial charge in [-0.2, -0.15) is 0 Å². The van der Waals surface area contributed by atoms with E-state index in [9.17, 15) is 0 Å². The summed E-state index contributed by atoms with van der Waals surface area (Å²) in [6.45, 7) is 0. The molecule has 0 radical (unpaired) electrons. The van der Waals surface area contributed by atoms with Crippen LogP contribution in [0.5, 0.6) is 0 Å². The molecular weight excluding hydrogens is 861 g/mol. The minimum Gasteiger partial charge on any atom is -0.309 e. The molecule has 0 bridgehead atoms. The number of hydrogen-bond acceptors (Lipinski definition) is 2. The van der Waals surface area contributed by atoms with E-state index in [1.807, 2.05) is 11.8 Å². The quantitative estimate of drug-likeness (QED) is 0.118. The number of hydrogen-bond donors (Lipinski definition) is 0. The normalized spacial score (nSPS) is 12.6. The van der Waals surface area contributed by atoms with E-state index >= 15 is 0 Å². The Hall–Kier alpha value is -8.16. The van der Waals surface area contributed by atoms with Crippen LogP contribution in [0.15, 0.2) is 248 Å². The van der Waals surface area contributed by atoms with Crippen LogP contribution in [-0.2, 0) is 5.75 Å². The van der Waals surface area contributed by atoms with Crippen molar-refractivity contribution in [3.05, 3.63) is 248 Å². The number of benzene rings is 10. The maximum absolute atomic E-state index is 4.99. The summed E-state index contributed by atoms with van der Waals surface area (Å²) in [5.41, 5.74) is 12.9. The molecule has 0 saturated carbocycles. The molecule has 0 saturated heterocycles. The fraction of sp³-hybridized carbons (Fsp3) is 0.0161. The summed E-state index contributed by atoms with van der Waals surface area (Å²) in [6.07, 6.45) is 0.